The Kier molecular flexibility index (Phi) is 9.04. The molecule has 4 aliphatic heterocycles. The van der Waals surface area contributed by atoms with Crippen LogP contribution in [0.15, 0.2) is 42.0 Å². The van der Waals surface area contributed by atoms with Crippen LogP contribution in [0.5, 0.6) is 0 Å². The third-order valence-electron chi connectivity index (χ3n) is 9.38. The van der Waals surface area contributed by atoms with Gasteiger partial charge in [-0.15, -0.1) is 0 Å². The normalized spacial score (nSPS) is 38.0. The Hall–Kier alpha value is -1.77. The first-order chi connectivity index (χ1) is 19.4. The van der Waals surface area contributed by atoms with Crippen LogP contribution in [-0.4, -0.2) is 60.1 Å². The van der Waals surface area contributed by atoms with Crippen molar-refractivity contribution in [2.75, 3.05) is 6.61 Å². The summed E-state index contributed by atoms with van der Waals surface area (Å²) in [6.45, 7) is 15.4. The number of epoxide rings is 1. The number of carbonyl (C=O) groups excluding carboxylic acids is 1. The van der Waals surface area contributed by atoms with Gasteiger partial charge >= 0.3 is 5.97 Å². The van der Waals surface area contributed by atoms with Gasteiger partial charge in [-0.1, -0.05) is 49.8 Å². The molecule has 0 saturated carbocycles. The van der Waals surface area contributed by atoms with E-state index in [1.54, 1.807) is 6.08 Å². The molecule has 0 radical (unpaired) electrons. The highest BCUT2D eigenvalue weighted by Crippen LogP contribution is 2.52. The second kappa shape index (κ2) is 12.1. The molecule has 0 aliphatic carbocycles. The molecule has 4 aliphatic rings. The molecule has 1 spiro atoms. The number of benzene rings is 1. The van der Waals surface area contributed by atoms with Gasteiger partial charge in [-0.3, -0.25) is 0 Å². The van der Waals surface area contributed by atoms with Crippen LogP contribution in [0, 0.1) is 11.8 Å². The van der Waals surface area contributed by atoms with Gasteiger partial charge in [0.25, 0.3) is 0 Å². The molecule has 0 aromatic heterocycles. The molecule has 5 rings (SSSR count). The average Bonchev–Trinajstić information content (AvgIpc) is 3.59. The van der Waals surface area contributed by atoms with Gasteiger partial charge in [0.15, 0.2) is 5.79 Å². The van der Waals surface area contributed by atoms with Crippen LogP contribution in [0.4, 0.5) is 0 Å². The van der Waals surface area contributed by atoms with E-state index in [1.165, 1.54) is 5.56 Å². The maximum absolute atomic E-state index is 12.2. The molecule has 4 fully saturated rings. The molecule has 0 bridgehead atoms. The molecule has 4 unspecified atom stereocenters. The van der Waals surface area contributed by atoms with E-state index in [4.69, 9.17) is 28.4 Å². The molecular formula is C34H50O7. The molecule has 7 nitrogen and oxygen atoms in total. The van der Waals surface area contributed by atoms with Crippen molar-refractivity contribution < 1.29 is 33.2 Å². The van der Waals surface area contributed by atoms with Crippen molar-refractivity contribution in [3.8, 4) is 0 Å². The maximum atomic E-state index is 12.2. The van der Waals surface area contributed by atoms with E-state index in [1.807, 2.05) is 45.9 Å². The fourth-order valence-corrected chi connectivity index (χ4v) is 6.78. The zero-order valence-corrected chi connectivity index (χ0v) is 26.0. The lowest BCUT2D eigenvalue weighted by Gasteiger charge is -2.53. The number of ether oxygens (including phenoxy) is 6. The van der Waals surface area contributed by atoms with Gasteiger partial charge in [0.1, 0.15) is 11.7 Å². The topological polar surface area (TPSA) is 75.8 Å². The van der Waals surface area contributed by atoms with Crippen LogP contribution in [0.25, 0.3) is 0 Å². The Balaban J connectivity index is 1.09. The predicted molar refractivity (Wildman–Crippen MR) is 156 cm³/mol. The zero-order valence-electron chi connectivity index (χ0n) is 26.0. The predicted octanol–water partition coefficient (Wildman–Crippen LogP) is 6.52. The highest BCUT2D eigenvalue weighted by Gasteiger charge is 2.59. The van der Waals surface area contributed by atoms with Gasteiger partial charge in [-0.25, -0.2) is 4.79 Å². The molecule has 1 aromatic carbocycles. The van der Waals surface area contributed by atoms with E-state index in [-0.39, 0.29) is 48.0 Å². The average molecular weight is 571 g/mol. The molecule has 228 valence electrons. The number of hydrogen-bond donors (Lipinski definition) is 0. The Morgan fingerprint density at radius 1 is 1.12 bits per heavy atom. The van der Waals surface area contributed by atoms with Crippen LogP contribution in [0.3, 0.4) is 0 Å². The molecule has 0 amide bonds. The number of carbonyl (C=O) groups is 1. The fraction of sp³-hybridized carbons (Fsp3) is 0.735. The molecule has 9 atom stereocenters. The summed E-state index contributed by atoms with van der Waals surface area (Å²) in [7, 11) is 0. The minimum atomic E-state index is -0.548. The van der Waals surface area contributed by atoms with Crippen LogP contribution in [0.2, 0.25) is 0 Å². The standard InChI is InChI=1S/C34H50O7/c1-22(23(2)18-30(35)41-32(4,5)6)17-28-31(37-28)27-13-14-29-33(7,39-27)15-16-34(40-29)24(3)19-26(38-34)21-36-20-25-11-9-8-10-12-25/h8-12,18,22,24,26-29,31H,13-17,19-21H2,1-7H3/b23-18+/t22-,24+,26-,27?,28-,29?,31-,33?,34?/m1/s1. The molecule has 7 heteroatoms. The van der Waals surface area contributed by atoms with E-state index < -0.39 is 11.4 Å². The molecule has 4 heterocycles. The van der Waals surface area contributed by atoms with Crippen molar-refractivity contribution in [1.29, 1.82) is 0 Å². The molecular weight excluding hydrogens is 520 g/mol. The van der Waals surface area contributed by atoms with E-state index in [0.29, 0.717) is 19.1 Å². The third kappa shape index (κ3) is 7.42. The zero-order chi connectivity index (χ0) is 29.4. The minimum absolute atomic E-state index is 0.00840. The van der Waals surface area contributed by atoms with Gasteiger partial charge in [0.2, 0.25) is 0 Å². The van der Waals surface area contributed by atoms with Crippen molar-refractivity contribution in [2.45, 2.75) is 141 Å². The molecule has 4 saturated heterocycles. The monoisotopic (exact) mass is 570 g/mol. The number of fused-ring (bicyclic) bond motifs is 1. The first kappa shape index (κ1) is 30.7. The van der Waals surface area contributed by atoms with Crippen molar-refractivity contribution >= 4 is 5.97 Å². The molecule has 41 heavy (non-hydrogen) atoms. The lowest BCUT2D eigenvalue weighted by atomic mass is 9.79. The Labute approximate surface area is 246 Å². The van der Waals surface area contributed by atoms with E-state index in [9.17, 15) is 4.79 Å². The first-order valence-corrected chi connectivity index (χ1v) is 15.6. The first-order valence-electron chi connectivity index (χ1n) is 15.6. The van der Waals surface area contributed by atoms with E-state index in [0.717, 1.165) is 44.1 Å². The van der Waals surface area contributed by atoms with Gasteiger partial charge < -0.3 is 28.4 Å². The summed E-state index contributed by atoms with van der Waals surface area (Å²) in [5.41, 5.74) is 1.37. The summed E-state index contributed by atoms with van der Waals surface area (Å²) < 4.78 is 37.7. The van der Waals surface area contributed by atoms with E-state index in [2.05, 4.69) is 32.9 Å². The highest BCUT2D eigenvalue weighted by atomic mass is 16.7. The Morgan fingerprint density at radius 2 is 1.88 bits per heavy atom. The number of hydrogen-bond acceptors (Lipinski definition) is 7. The second-order valence-corrected chi connectivity index (χ2v) is 14.0. The smallest absolute Gasteiger partial charge is 0.331 e. The largest absolute Gasteiger partial charge is 0.457 e. The summed E-state index contributed by atoms with van der Waals surface area (Å²) in [5.74, 6) is -0.295. The third-order valence-corrected chi connectivity index (χ3v) is 9.38. The number of allylic oxidation sites excluding steroid dienone is 1. The van der Waals surface area contributed by atoms with Crippen molar-refractivity contribution in [3.05, 3.63) is 47.5 Å². The Bertz CT molecular complexity index is 1080. The second-order valence-electron chi connectivity index (χ2n) is 14.0. The van der Waals surface area contributed by atoms with Gasteiger partial charge in [0.05, 0.1) is 43.2 Å². The van der Waals surface area contributed by atoms with E-state index >= 15 is 0 Å². The summed E-state index contributed by atoms with van der Waals surface area (Å²) in [6.07, 6.45) is 7.40. The SMILES string of the molecule is C/C(=C\C(=O)OC(C)(C)C)[C@H](C)C[C@H]1O[C@@H]1C1CCC2OC3(CCC2(C)O1)O[C@@H](COCc1ccccc1)C[C@@H]3C. The van der Waals surface area contributed by atoms with Gasteiger partial charge in [-0.05, 0) is 78.2 Å². The van der Waals surface area contributed by atoms with Crippen LogP contribution in [-0.2, 0) is 39.8 Å². The van der Waals surface area contributed by atoms with Crippen molar-refractivity contribution in [3.63, 3.8) is 0 Å². The van der Waals surface area contributed by atoms with Crippen molar-refractivity contribution in [2.24, 2.45) is 11.8 Å². The lowest BCUT2D eigenvalue weighted by molar-refractivity contribution is -0.345. The maximum Gasteiger partial charge on any atom is 0.331 e. The summed E-state index contributed by atoms with van der Waals surface area (Å²) in [5, 5.41) is 0. The van der Waals surface area contributed by atoms with Gasteiger partial charge in [-0.2, -0.15) is 0 Å². The molecule has 1 aromatic rings. The lowest BCUT2D eigenvalue weighted by Crippen LogP contribution is -2.60. The molecule has 0 N–H and O–H groups in total. The van der Waals surface area contributed by atoms with Crippen LogP contribution < -0.4 is 0 Å². The summed E-state index contributed by atoms with van der Waals surface area (Å²) >= 11 is 0. The van der Waals surface area contributed by atoms with Gasteiger partial charge in [0, 0.05) is 18.4 Å². The number of rotatable bonds is 9. The highest BCUT2D eigenvalue weighted by molar-refractivity contribution is 5.83. The minimum Gasteiger partial charge on any atom is -0.457 e. The Morgan fingerprint density at radius 3 is 2.61 bits per heavy atom. The quantitative estimate of drug-likeness (QED) is 0.190. The van der Waals surface area contributed by atoms with Crippen LogP contribution >= 0.6 is 0 Å². The number of esters is 1. The summed E-state index contributed by atoms with van der Waals surface area (Å²) in [6, 6.07) is 10.3. The summed E-state index contributed by atoms with van der Waals surface area (Å²) in [4.78, 5) is 12.2. The van der Waals surface area contributed by atoms with Crippen LogP contribution in [0.1, 0.15) is 92.6 Å². The fourth-order valence-electron chi connectivity index (χ4n) is 6.78. The van der Waals surface area contributed by atoms with Crippen molar-refractivity contribution in [1.82, 2.24) is 0 Å².